The summed E-state index contributed by atoms with van der Waals surface area (Å²) in [6.45, 7) is 3.17. The SMILES string of the molecule is N#Cc1ccc(OCCN2CCC(C(=O)Nc3ccc(Br)cn3)CC2)cc1. The average molecular weight is 429 g/mol. The van der Waals surface area contributed by atoms with E-state index in [1.54, 1.807) is 24.4 Å². The molecule has 27 heavy (non-hydrogen) atoms. The van der Waals surface area contributed by atoms with E-state index in [-0.39, 0.29) is 11.8 Å². The molecule has 2 heterocycles. The van der Waals surface area contributed by atoms with Gasteiger partial charge < -0.3 is 10.1 Å². The van der Waals surface area contributed by atoms with Crippen LogP contribution < -0.4 is 10.1 Å². The van der Waals surface area contributed by atoms with Crippen molar-refractivity contribution in [2.45, 2.75) is 12.8 Å². The molecule has 6 nitrogen and oxygen atoms in total. The van der Waals surface area contributed by atoms with Crippen molar-refractivity contribution in [3.05, 3.63) is 52.6 Å². The van der Waals surface area contributed by atoms with E-state index in [9.17, 15) is 4.79 Å². The number of anilines is 1. The van der Waals surface area contributed by atoms with E-state index in [1.165, 1.54) is 0 Å². The number of halogens is 1. The second-order valence-corrected chi connectivity index (χ2v) is 7.37. The molecule has 1 amide bonds. The minimum absolute atomic E-state index is 0.0196. The molecule has 0 unspecified atom stereocenters. The van der Waals surface area contributed by atoms with Gasteiger partial charge in [0.2, 0.25) is 5.91 Å². The monoisotopic (exact) mass is 428 g/mol. The van der Waals surface area contributed by atoms with Gasteiger partial charge in [0.1, 0.15) is 18.2 Å². The molecule has 1 fully saturated rings. The minimum Gasteiger partial charge on any atom is -0.492 e. The largest absolute Gasteiger partial charge is 0.492 e. The predicted molar refractivity (Wildman–Crippen MR) is 106 cm³/mol. The first-order chi connectivity index (χ1) is 13.1. The number of likely N-dealkylation sites (tertiary alicyclic amines) is 1. The first kappa shape index (κ1) is 19.3. The number of aromatic nitrogens is 1. The number of hydrogen-bond donors (Lipinski definition) is 1. The van der Waals surface area contributed by atoms with Gasteiger partial charge in [0.15, 0.2) is 0 Å². The number of rotatable bonds is 6. The van der Waals surface area contributed by atoms with Crippen molar-refractivity contribution in [2.75, 3.05) is 31.6 Å². The summed E-state index contributed by atoms with van der Waals surface area (Å²) in [5.74, 6) is 1.41. The molecule has 0 saturated carbocycles. The highest BCUT2D eigenvalue weighted by Gasteiger charge is 2.25. The van der Waals surface area contributed by atoms with Crippen molar-refractivity contribution < 1.29 is 9.53 Å². The molecule has 0 atom stereocenters. The predicted octanol–water partition coefficient (Wildman–Crippen LogP) is 3.45. The van der Waals surface area contributed by atoms with Crippen molar-refractivity contribution >= 4 is 27.7 Å². The summed E-state index contributed by atoms with van der Waals surface area (Å²) >= 11 is 3.33. The first-order valence-electron chi connectivity index (χ1n) is 8.92. The fourth-order valence-corrected chi connectivity index (χ4v) is 3.25. The van der Waals surface area contributed by atoms with Gasteiger partial charge in [-0.1, -0.05) is 0 Å². The van der Waals surface area contributed by atoms with Crippen LogP contribution in [0.2, 0.25) is 0 Å². The Balaban J connectivity index is 1.37. The number of amides is 1. The molecule has 1 aliphatic heterocycles. The Bertz CT molecular complexity index is 794. The average Bonchev–Trinajstić information content (AvgIpc) is 2.71. The van der Waals surface area contributed by atoms with Crippen LogP contribution in [0.1, 0.15) is 18.4 Å². The van der Waals surface area contributed by atoms with Crippen LogP contribution in [0, 0.1) is 17.2 Å². The number of hydrogen-bond acceptors (Lipinski definition) is 5. The number of carbonyl (C=O) groups is 1. The Morgan fingerprint density at radius 3 is 2.63 bits per heavy atom. The van der Waals surface area contributed by atoms with Gasteiger partial charge in [0, 0.05) is 23.1 Å². The molecule has 1 aliphatic rings. The maximum absolute atomic E-state index is 12.4. The molecular weight excluding hydrogens is 408 g/mol. The smallest absolute Gasteiger partial charge is 0.228 e. The lowest BCUT2D eigenvalue weighted by atomic mass is 9.96. The van der Waals surface area contributed by atoms with Crippen molar-refractivity contribution in [1.82, 2.24) is 9.88 Å². The fourth-order valence-electron chi connectivity index (χ4n) is 3.02. The van der Waals surface area contributed by atoms with E-state index in [2.05, 4.69) is 37.2 Å². The van der Waals surface area contributed by atoms with Crippen molar-refractivity contribution in [3.63, 3.8) is 0 Å². The lowest BCUT2D eigenvalue weighted by Gasteiger charge is -2.31. The van der Waals surface area contributed by atoms with Crippen LogP contribution in [-0.4, -0.2) is 42.0 Å². The number of piperidine rings is 1. The molecule has 1 N–H and O–H groups in total. The molecule has 1 saturated heterocycles. The summed E-state index contributed by atoms with van der Waals surface area (Å²) < 4.78 is 6.61. The van der Waals surface area contributed by atoms with E-state index in [1.807, 2.05) is 18.2 Å². The van der Waals surface area contributed by atoms with Gasteiger partial charge >= 0.3 is 0 Å². The van der Waals surface area contributed by atoms with Crippen LogP contribution in [0.3, 0.4) is 0 Å². The number of pyridine rings is 1. The molecule has 2 aromatic rings. The molecule has 0 radical (unpaired) electrons. The van der Waals surface area contributed by atoms with E-state index < -0.39 is 0 Å². The third-order valence-electron chi connectivity index (χ3n) is 4.60. The lowest BCUT2D eigenvalue weighted by molar-refractivity contribution is -0.121. The van der Waals surface area contributed by atoms with Crippen molar-refractivity contribution in [3.8, 4) is 11.8 Å². The number of benzene rings is 1. The van der Waals surface area contributed by atoms with Crippen LogP contribution in [0.5, 0.6) is 5.75 Å². The Morgan fingerprint density at radius 2 is 2.00 bits per heavy atom. The highest BCUT2D eigenvalue weighted by molar-refractivity contribution is 9.10. The quantitative estimate of drug-likeness (QED) is 0.761. The van der Waals surface area contributed by atoms with Crippen molar-refractivity contribution in [1.29, 1.82) is 5.26 Å². The summed E-state index contributed by atoms with van der Waals surface area (Å²) in [4.78, 5) is 18.9. The van der Waals surface area contributed by atoms with Crippen LogP contribution in [-0.2, 0) is 4.79 Å². The third kappa shape index (κ3) is 5.78. The fraction of sp³-hybridized carbons (Fsp3) is 0.350. The van der Waals surface area contributed by atoms with E-state index in [0.29, 0.717) is 18.0 Å². The van der Waals surface area contributed by atoms with E-state index in [4.69, 9.17) is 10.00 Å². The summed E-state index contributed by atoms with van der Waals surface area (Å²) in [6.07, 6.45) is 3.34. The van der Waals surface area contributed by atoms with Crippen LogP contribution in [0.25, 0.3) is 0 Å². The Morgan fingerprint density at radius 1 is 1.26 bits per heavy atom. The molecule has 7 heteroatoms. The highest BCUT2D eigenvalue weighted by atomic mass is 79.9. The Kier molecular flexibility index (Phi) is 6.80. The van der Waals surface area contributed by atoms with Gasteiger partial charge in [0.05, 0.1) is 11.6 Å². The number of nitrogens with zero attached hydrogens (tertiary/aromatic N) is 3. The lowest BCUT2D eigenvalue weighted by Crippen LogP contribution is -2.40. The number of carbonyl (C=O) groups excluding carboxylic acids is 1. The van der Waals surface area contributed by atoms with Crippen LogP contribution >= 0.6 is 15.9 Å². The Hall–Kier alpha value is -2.43. The standard InChI is InChI=1S/C20H21BrN4O2/c21-17-3-6-19(23-14-17)24-20(26)16-7-9-25(10-8-16)11-12-27-18-4-1-15(13-22)2-5-18/h1-6,14,16H,7-12H2,(H,23,24,26). The maximum atomic E-state index is 12.4. The number of nitrogens with one attached hydrogen (secondary N) is 1. The number of nitriles is 1. The van der Waals surface area contributed by atoms with Gasteiger partial charge in [-0.15, -0.1) is 0 Å². The molecule has 140 valence electrons. The van der Waals surface area contributed by atoms with Gasteiger partial charge in [0.25, 0.3) is 0 Å². The van der Waals surface area contributed by atoms with Crippen LogP contribution in [0.4, 0.5) is 5.82 Å². The highest BCUT2D eigenvalue weighted by Crippen LogP contribution is 2.20. The molecule has 1 aromatic carbocycles. The van der Waals surface area contributed by atoms with Gasteiger partial charge in [-0.25, -0.2) is 4.98 Å². The molecule has 0 spiro atoms. The summed E-state index contributed by atoms with van der Waals surface area (Å²) in [6, 6.07) is 12.9. The third-order valence-corrected chi connectivity index (χ3v) is 5.07. The second kappa shape index (κ2) is 9.49. The summed E-state index contributed by atoms with van der Waals surface area (Å²) in [5.41, 5.74) is 0.626. The summed E-state index contributed by atoms with van der Waals surface area (Å²) in [5, 5.41) is 11.7. The van der Waals surface area contributed by atoms with Crippen molar-refractivity contribution in [2.24, 2.45) is 5.92 Å². The second-order valence-electron chi connectivity index (χ2n) is 6.45. The zero-order chi connectivity index (χ0) is 19.1. The molecule has 0 aliphatic carbocycles. The van der Waals surface area contributed by atoms with E-state index >= 15 is 0 Å². The molecular formula is C20H21BrN4O2. The first-order valence-corrected chi connectivity index (χ1v) is 9.71. The van der Waals surface area contributed by atoms with Gasteiger partial charge in [-0.05, 0) is 78.3 Å². The molecule has 0 bridgehead atoms. The molecule has 3 rings (SSSR count). The maximum Gasteiger partial charge on any atom is 0.228 e. The summed E-state index contributed by atoms with van der Waals surface area (Å²) in [7, 11) is 0. The van der Waals surface area contributed by atoms with E-state index in [0.717, 1.165) is 42.7 Å². The minimum atomic E-state index is 0.0196. The zero-order valence-corrected chi connectivity index (χ0v) is 16.5. The topological polar surface area (TPSA) is 78.2 Å². The number of ether oxygens (including phenoxy) is 1. The Labute approximate surface area is 167 Å². The van der Waals surface area contributed by atoms with Crippen LogP contribution in [0.15, 0.2) is 47.1 Å². The molecule has 1 aromatic heterocycles. The zero-order valence-electron chi connectivity index (χ0n) is 14.9. The normalized spacial score (nSPS) is 15.1. The van der Waals surface area contributed by atoms with Gasteiger partial charge in [-0.3, -0.25) is 9.69 Å². The van der Waals surface area contributed by atoms with Gasteiger partial charge in [-0.2, -0.15) is 5.26 Å².